The molecule has 0 aliphatic carbocycles. The summed E-state index contributed by atoms with van der Waals surface area (Å²) >= 11 is 0. The van der Waals surface area contributed by atoms with E-state index in [2.05, 4.69) is 5.32 Å². The van der Waals surface area contributed by atoms with Gasteiger partial charge in [-0.15, -0.1) is 0 Å². The van der Waals surface area contributed by atoms with Gasteiger partial charge in [0.2, 0.25) is 15.9 Å². The number of fused-ring (bicyclic) bond motifs is 2. The summed E-state index contributed by atoms with van der Waals surface area (Å²) in [6.07, 6.45) is 0.238. The summed E-state index contributed by atoms with van der Waals surface area (Å²) in [7, 11) is -4.04. The average Bonchev–Trinajstić information content (AvgIpc) is 2.88. The third-order valence-corrected chi connectivity index (χ3v) is 7.76. The summed E-state index contributed by atoms with van der Waals surface area (Å²) in [6.45, 7) is 0.807. The van der Waals surface area contributed by atoms with E-state index in [1.165, 1.54) is 16.4 Å². The van der Waals surface area contributed by atoms with Crippen LogP contribution in [-0.2, 0) is 27.8 Å². The Morgan fingerprint density at radius 1 is 0.971 bits per heavy atom. The maximum Gasteiger partial charge on any atom is 0.244 e. The van der Waals surface area contributed by atoms with E-state index in [1.807, 2.05) is 30.3 Å². The van der Waals surface area contributed by atoms with Gasteiger partial charge in [0, 0.05) is 18.3 Å². The molecule has 34 heavy (non-hydrogen) atoms. The lowest BCUT2D eigenvalue weighted by molar-refractivity contribution is -0.120. The second-order valence-electron chi connectivity index (χ2n) is 8.02. The van der Waals surface area contributed by atoms with Crippen LogP contribution in [0.3, 0.4) is 0 Å². The summed E-state index contributed by atoms with van der Waals surface area (Å²) < 4.78 is 39.8. The number of sulfonamides is 1. The number of nitrogens with zero attached hydrogens (tertiary/aromatic N) is 2. The third-order valence-electron chi connectivity index (χ3n) is 5.91. The molecule has 1 unspecified atom stereocenters. The van der Waals surface area contributed by atoms with Crippen molar-refractivity contribution in [3.05, 3.63) is 83.4 Å². The minimum Gasteiger partial charge on any atom is -0.486 e. The Bertz CT molecular complexity index is 1400. The Morgan fingerprint density at radius 3 is 2.41 bits per heavy atom. The lowest BCUT2D eigenvalue weighted by atomic mass is 9.95. The van der Waals surface area contributed by atoms with Crippen LogP contribution in [0, 0.1) is 11.3 Å². The Hall–Kier alpha value is -3.87. The van der Waals surface area contributed by atoms with Crippen molar-refractivity contribution in [3.63, 3.8) is 0 Å². The maximum atomic E-state index is 13.7. The van der Waals surface area contributed by atoms with Crippen molar-refractivity contribution < 1.29 is 22.7 Å². The average molecular weight is 476 g/mol. The maximum absolute atomic E-state index is 13.7. The van der Waals surface area contributed by atoms with Crippen molar-refractivity contribution in [3.8, 4) is 17.6 Å². The van der Waals surface area contributed by atoms with Crippen LogP contribution in [0.25, 0.3) is 0 Å². The molecular weight excluding hydrogens is 454 g/mol. The Balaban J connectivity index is 1.49. The molecule has 2 aliphatic heterocycles. The molecule has 172 valence electrons. The Kier molecular flexibility index (Phi) is 5.69. The summed E-state index contributed by atoms with van der Waals surface area (Å²) in [6, 6.07) is 19.5. The lowest BCUT2D eigenvalue weighted by Gasteiger charge is -2.35. The van der Waals surface area contributed by atoms with E-state index in [0.29, 0.717) is 36.0 Å². The molecule has 0 radical (unpaired) electrons. The van der Waals surface area contributed by atoms with E-state index in [-0.39, 0.29) is 17.9 Å². The number of carbonyl (C=O) groups is 1. The predicted octanol–water partition coefficient (Wildman–Crippen LogP) is 3.08. The van der Waals surface area contributed by atoms with E-state index in [1.54, 1.807) is 30.3 Å². The van der Waals surface area contributed by atoms with Crippen molar-refractivity contribution >= 4 is 21.6 Å². The number of benzene rings is 3. The molecule has 1 N–H and O–H groups in total. The number of rotatable bonds is 4. The molecule has 9 heteroatoms. The summed E-state index contributed by atoms with van der Waals surface area (Å²) in [5.74, 6) is 0.410. The largest absolute Gasteiger partial charge is 0.486 e. The molecule has 0 bridgehead atoms. The highest BCUT2D eigenvalue weighted by Crippen LogP contribution is 2.35. The predicted molar refractivity (Wildman–Crippen MR) is 124 cm³/mol. The number of nitrogens with one attached hydrogen (secondary N) is 1. The molecule has 0 fully saturated rings. The first-order chi connectivity index (χ1) is 16.5. The van der Waals surface area contributed by atoms with Crippen molar-refractivity contribution in [2.45, 2.75) is 23.9 Å². The van der Waals surface area contributed by atoms with Gasteiger partial charge in [-0.2, -0.15) is 9.57 Å². The van der Waals surface area contributed by atoms with Crippen LogP contribution in [0.5, 0.6) is 11.5 Å². The first-order valence-corrected chi connectivity index (χ1v) is 12.2. The highest BCUT2D eigenvalue weighted by atomic mass is 32.2. The molecule has 1 amide bonds. The van der Waals surface area contributed by atoms with Crippen LogP contribution >= 0.6 is 0 Å². The lowest BCUT2D eigenvalue weighted by Crippen LogP contribution is -2.50. The topological polar surface area (TPSA) is 109 Å². The number of amides is 1. The van der Waals surface area contributed by atoms with Crippen molar-refractivity contribution in [2.24, 2.45) is 0 Å². The van der Waals surface area contributed by atoms with Gasteiger partial charge in [-0.1, -0.05) is 24.3 Å². The minimum atomic E-state index is -4.04. The summed E-state index contributed by atoms with van der Waals surface area (Å²) in [4.78, 5) is 13.4. The fraction of sp³-hybridized carbons (Fsp3) is 0.200. The number of carbonyl (C=O) groups excluding carboxylic acids is 1. The summed E-state index contributed by atoms with van der Waals surface area (Å²) in [5.41, 5.74) is 2.73. The normalized spacial score (nSPS) is 17.3. The van der Waals surface area contributed by atoms with E-state index in [9.17, 15) is 13.2 Å². The minimum absolute atomic E-state index is 0.0345. The van der Waals surface area contributed by atoms with Gasteiger partial charge in [-0.05, 0) is 53.9 Å². The fourth-order valence-corrected chi connectivity index (χ4v) is 5.73. The smallest absolute Gasteiger partial charge is 0.244 e. The molecule has 3 aromatic carbocycles. The molecule has 2 aliphatic rings. The van der Waals surface area contributed by atoms with Gasteiger partial charge in [0.05, 0.1) is 16.5 Å². The molecule has 0 aromatic heterocycles. The molecule has 1 atom stereocenters. The van der Waals surface area contributed by atoms with Crippen LogP contribution in [0.2, 0.25) is 0 Å². The summed E-state index contributed by atoms with van der Waals surface area (Å²) in [5, 5.41) is 11.8. The van der Waals surface area contributed by atoms with Crippen LogP contribution in [0.15, 0.2) is 71.6 Å². The number of hydrogen-bond donors (Lipinski definition) is 1. The zero-order valence-electron chi connectivity index (χ0n) is 18.1. The van der Waals surface area contributed by atoms with Crippen LogP contribution in [-0.4, -0.2) is 37.9 Å². The standard InChI is InChI=1S/C25H21N3O5S/c26-15-17-5-7-20(8-6-17)27-25(29)22-13-18-3-1-2-4-19(18)16-28(22)34(30,31)21-9-10-23-24(14-21)33-12-11-32-23/h1-10,14,22H,11-13,16H2,(H,27,29). The van der Waals surface area contributed by atoms with E-state index >= 15 is 0 Å². The van der Waals surface area contributed by atoms with Crippen molar-refractivity contribution in [2.75, 3.05) is 18.5 Å². The second-order valence-corrected chi connectivity index (χ2v) is 9.91. The molecule has 2 heterocycles. The Labute approximate surface area is 197 Å². The molecule has 0 saturated heterocycles. The van der Waals surface area contributed by atoms with E-state index < -0.39 is 22.0 Å². The van der Waals surface area contributed by atoms with Crippen LogP contribution in [0.1, 0.15) is 16.7 Å². The second kappa shape index (κ2) is 8.82. The SMILES string of the molecule is N#Cc1ccc(NC(=O)C2Cc3ccccc3CN2S(=O)(=O)c2ccc3c(c2)OCCO3)cc1. The van der Waals surface area contributed by atoms with Gasteiger partial charge < -0.3 is 14.8 Å². The molecular formula is C25H21N3O5S. The van der Waals surface area contributed by atoms with Gasteiger partial charge in [-0.3, -0.25) is 4.79 Å². The van der Waals surface area contributed by atoms with Crippen molar-refractivity contribution in [1.82, 2.24) is 4.31 Å². The zero-order valence-corrected chi connectivity index (χ0v) is 18.9. The fourth-order valence-electron chi connectivity index (χ4n) is 4.15. The number of hydrogen-bond acceptors (Lipinski definition) is 6. The molecule has 5 rings (SSSR count). The molecule has 0 spiro atoms. The van der Waals surface area contributed by atoms with Crippen LogP contribution in [0.4, 0.5) is 5.69 Å². The van der Waals surface area contributed by atoms with Gasteiger partial charge in [0.25, 0.3) is 0 Å². The number of ether oxygens (including phenoxy) is 2. The monoisotopic (exact) mass is 475 g/mol. The van der Waals surface area contributed by atoms with Crippen LogP contribution < -0.4 is 14.8 Å². The molecule has 8 nitrogen and oxygen atoms in total. The van der Waals surface area contributed by atoms with Gasteiger partial charge >= 0.3 is 0 Å². The molecule has 0 saturated carbocycles. The quantitative estimate of drug-likeness (QED) is 0.621. The highest BCUT2D eigenvalue weighted by molar-refractivity contribution is 7.89. The van der Waals surface area contributed by atoms with E-state index in [4.69, 9.17) is 14.7 Å². The van der Waals surface area contributed by atoms with Crippen molar-refractivity contribution in [1.29, 1.82) is 5.26 Å². The number of anilines is 1. The van der Waals surface area contributed by atoms with Gasteiger partial charge in [0.15, 0.2) is 11.5 Å². The van der Waals surface area contributed by atoms with Gasteiger partial charge in [0.1, 0.15) is 19.3 Å². The third kappa shape index (κ3) is 4.09. The Morgan fingerprint density at radius 2 is 1.68 bits per heavy atom. The first kappa shape index (κ1) is 21.9. The molecule has 3 aromatic rings. The van der Waals surface area contributed by atoms with E-state index in [0.717, 1.165) is 11.1 Å². The van der Waals surface area contributed by atoms with Gasteiger partial charge in [-0.25, -0.2) is 8.42 Å². The highest BCUT2D eigenvalue weighted by Gasteiger charge is 2.40. The number of nitriles is 1. The zero-order chi connectivity index (χ0) is 23.7. The first-order valence-electron chi connectivity index (χ1n) is 10.7.